The van der Waals surface area contributed by atoms with E-state index < -0.39 is 11.7 Å². The van der Waals surface area contributed by atoms with E-state index in [2.05, 4.69) is 10.6 Å². The van der Waals surface area contributed by atoms with Crippen LogP contribution in [-0.2, 0) is 22.7 Å². The molecular formula is C15H22N2O4. The van der Waals surface area contributed by atoms with Crippen LogP contribution >= 0.6 is 0 Å². The molecule has 3 N–H and O–H groups in total. The first-order valence-corrected chi connectivity index (χ1v) is 6.72. The number of hydrogen-bond acceptors (Lipinski definition) is 4. The molecular weight excluding hydrogens is 272 g/mol. The molecule has 0 atom stereocenters. The van der Waals surface area contributed by atoms with Gasteiger partial charge in [-0.1, -0.05) is 24.3 Å². The van der Waals surface area contributed by atoms with Crippen molar-refractivity contribution in [1.29, 1.82) is 0 Å². The lowest BCUT2D eigenvalue weighted by Crippen LogP contribution is -2.39. The average molecular weight is 294 g/mol. The predicted molar refractivity (Wildman–Crippen MR) is 78.4 cm³/mol. The highest BCUT2D eigenvalue weighted by Crippen LogP contribution is 2.06. The van der Waals surface area contributed by atoms with E-state index >= 15 is 0 Å². The van der Waals surface area contributed by atoms with Crippen LogP contribution in [0, 0.1) is 0 Å². The second-order valence-electron chi connectivity index (χ2n) is 5.61. The molecule has 0 aliphatic heterocycles. The van der Waals surface area contributed by atoms with Crippen LogP contribution in [0.25, 0.3) is 0 Å². The highest BCUT2D eigenvalue weighted by atomic mass is 16.6. The Labute approximate surface area is 124 Å². The number of nitrogens with one attached hydrogen (secondary N) is 2. The molecule has 6 nitrogen and oxygen atoms in total. The Morgan fingerprint density at radius 3 is 2.48 bits per heavy atom. The third-order valence-corrected chi connectivity index (χ3v) is 2.46. The summed E-state index contributed by atoms with van der Waals surface area (Å²) >= 11 is 0. The summed E-state index contributed by atoms with van der Waals surface area (Å²) in [4.78, 5) is 23.0. The van der Waals surface area contributed by atoms with Gasteiger partial charge in [0.25, 0.3) is 0 Å². The number of aliphatic hydroxyl groups is 1. The smallest absolute Gasteiger partial charge is 0.408 e. The fraction of sp³-hybridized carbons (Fsp3) is 0.467. The summed E-state index contributed by atoms with van der Waals surface area (Å²) in [5.74, 6) is -0.310. The fourth-order valence-electron chi connectivity index (χ4n) is 1.57. The molecule has 6 heteroatoms. The van der Waals surface area contributed by atoms with Gasteiger partial charge in [0.1, 0.15) is 12.1 Å². The van der Waals surface area contributed by atoms with Gasteiger partial charge >= 0.3 is 6.09 Å². The van der Waals surface area contributed by atoms with Crippen molar-refractivity contribution in [2.45, 2.75) is 39.5 Å². The Balaban J connectivity index is 2.32. The number of hydrogen-bond donors (Lipinski definition) is 3. The topological polar surface area (TPSA) is 87.7 Å². The van der Waals surface area contributed by atoms with Crippen molar-refractivity contribution in [3.63, 3.8) is 0 Å². The molecule has 0 heterocycles. The molecule has 116 valence electrons. The Morgan fingerprint density at radius 1 is 1.19 bits per heavy atom. The standard InChI is InChI=1S/C15H22N2O4/c1-15(2,3)21-14(20)17-9-13(19)16-8-11-5-4-6-12(7-11)10-18/h4-7,18H,8-10H2,1-3H3,(H,16,19)(H,17,20). The number of benzene rings is 1. The molecule has 1 rings (SSSR count). The number of aliphatic hydroxyl groups excluding tert-OH is 1. The third-order valence-electron chi connectivity index (χ3n) is 2.46. The predicted octanol–water partition coefficient (Wildman–Crippen LogP) is 1.32. The highest BCUT2D eigenvalue weighted by Gasteiger charge is 2.16. The van der Waals surface area contributed by atoms with Gasteiger partial charge in [0, 0.05) is 6.54 Å². The van der Waals surface area contributed by atoms with Gasteiger partial charge in [-0.05, 0) is 31.9 Å². The van der Waals surface area contributed by atoms with Crippen LogP contribution in [0.3, 0.4) is 0 Å². The Morgan fingerprint density at radius 2 is 1.86 bits per heavy atom. The summed E-state index contributed by atoms with van der Waals surface area (Å²) in [5, 5.41) is 14.1. The summed E-state index contributed by atoms with van der Waals surface area (Å²) in [5.41, 5.74) is 1.08. The lowest BCUT2D eigenvalue weighted by Gasteiger charge is -2.19. The van der Waals surface area contributed by atoms with Crippen LogP contribution in [0.5, 0.6) is 0 Å². The van der Waals surface area contributed by atoms with Gasteiger partial charge in [-0.3, -0.25) is 4.79 Å². The van der Waals surface area contributed by atoms with Gasteiger partial charge in [-0.25, -0.2) is 4.79 Å². The van der Waals surface area contributed by atoms with E-state index in [1.54, 1.807) is 26.8 Å². The van der Waals surface area contributed by atoms with E-state index in [1.165, 1.54) is 0 Å². The minimum atomic E-state index is -0.625. The maximum atomic E-state index is 11.6. The second kappa shape index (κ2) is 7.64. The maximum Gasteiger partial charge on any atom is 0.408 e. The average Bonchev–Trinajstić information content (AvgIpc) is 2.41. The van der Waals surface area contributed by atoms with Crippen molar-refractivity contribution in [2.24, 2.45) is 0 Å². The number of carbonyl (C=O) groups excluding carboxylic acids is 2. The molecule has 21 heavy (non-hydrogen) atoms. The van der Waals surface area contributed by atoms with Crippen molar-refractivity contribution in [1.82, 2.24) is 10.6 Å². The zero-order valence-corrected chi connectivity index (χ0v) is 12.6. The van der Waals surface area contributed by atoms with Crippen molar-refractivity contribution < 1.29 is 19.4 Å². The largest absolute Gasteiger partial charge is 0.444 e. The molecule has 0 unspecified atom stereocenters. The fourth-order valence-corrected chi connectivity index (χ4v) is 1.57. The molecule has 0 spiro atoms. The molecule has 0 aliphatic carbocycles. The number of ether oxygens (including phenoxy) is 1. The zero-order chi connectivity index (χ0) is 15.9. The minimum absolute atomic E-state index is 0.0397. The molecule has 0 saturated heterocycles. The minimum Gasteiger partial charge on any atom is -0.444 e. The van der Waals surface area contributed by atoms with E-state index in [4.69, 9.17) is 9.84 Å². The van der Waals surface area contributed by atoms with Crippen molar-refractivity contribution >= 4 is 12.0 Å². The van der Waals surface area contributed by atoms with E-state index in [0.717, 1.165) is 11.1 Å². The Kier molecular flexibility index (Phi) is 6.17. The van der Waals surface area contributed by atoms with Crippen LogP contribution in [0.4, 0.5) is 4.79 Å². The molecule has 0 saturated carbocycles. The van der Waals surface area contributed by atoms with E-state index in [9.17, 15) is 9.59 Å². The maximum absolute atomic E-state index is 11.6. The second-order valence-corrected chi connectivity index (χ2v) is 5.61. The lowest BCUT2D eigenvalue weighted by molar-refractivity contribution is -0.120. The van der Waals surface area contributed by atoms with Gasteiger partial charge in [-0.2, -0.15) is 0 Å². The monoisotopic (exact) mass is 294 g/mol. The van der Waals surface area contributed by atoms with Crippen LogP contribution in [0.1, 0.15) is 31.9 Å². The number of carbonyl (C=O) groups is 2. The molecule has 0 radical (unpaired) electrons. The first-order chi connectivity index (χ1) is 9.80. The highest BCUT2D eigenvalue weighted by molar-refractivity contribution is 5.82. The van der Waals surface area contributed by atoms with Crippen molar-refractivity contribution in [3.8, 4) is 0 Å². The SMILES string of the molecule is CC(C)(C)OC(=O)NCC(=O)NCc1cccc(CO)c1. The lowest BCUT2D eigenvalue weighted by atomic mass is 10.1. The summed E-state index contributed by atoms with van der Waals surface area (Å²) in [6, 6.07) is 7.27. The summed E-state index contributed by atoms with van der Waals surface area (Å²) in [6.07, 6.45) is -0.625. The Hall–Kier alpha value is -2.08. The van der Waals surface area contributed by atoms with E-state index in [-0.39, 0.29) is 19.1 Å². The van der Waals surface area contributed by atoms with E-state index in [0.29, 0.717) is 6.54 Å². The number of amides is 2. The Bertz CT molecular complexity index is 495. The van der Waals surface area contributed by atoms with Crippen LogP contribution in [-0.4, -0.2) is 29.3 Å². The van der Waals surface area contributed by atoms with Crippen LogP contribution in [0.15, 0.2) is 24.3 Å². The number of alkyl carbamates (subject to hydrolysis) is 1. The van der Waals surface area contributed by atoms with Gasteiger partial charge in [-0.15, -0.1) is 0 Å². The molecule has 1 aromatic rings. The molecule has 0 fully saturated rings. The molecule has 1 aromatic carbocycles. The molecule has 0 aromatic heterocycles. The zero-order valence-electron chi connectivity index (χ0n) is 12.6. The summed E-state index contributed by atoms with van der Waals surface area (Å²) in [6.45, 7) is 5.40. The van der Waals surface area contributed by atoms with Crippen molar-refractivity contribution in [2.75, 3.05) is 6.54 Å². The van der Waals surface area contributed by atoms with E-state index in [1.807, 2.05) is 18.2 Å². The summed E-state index contributed by atoms with van der Waals surface area (Å²) < 4.78 is 5.02. The number of rotatable bonds is 5. The quantitative estimate of drug-likeness (QED) is 0.764. The van der Waals surface area contributed by atoms with Gasteiger partial charge in [0.05, 0.1) is 6.61 Å². The summed E-state index contributed by atoms with van der Waals surface area (Å²) in [7, 11) is 0. The first-order valence-electron chi connectivity index (χ1n) is 6.72. The molecule has 2 amide bonds. The van der Waals surface area contributed by atoms with Gasteiger partial charge in [0.2, 0.25) is 5.91 Å². The van der Waals surface area contributed by atoms with Crippen LogP contribution < -0.4 is 10.6 Å². The van der Waals surface area contributed by atoms with Gasteiger partial charge < -0.3 is 20.5 Å². The van der Waals surface area contributed by atoms with Crippen LogP contribution in [0.2, 0.25) is 0 Å². The van der Waals surface area contributed by atoms with Crippen molar-refractivity contribution in [3.05, 3.63) is 35.4 Å². The third kappa shape index (κ3) is 7.31. The molecule has 0 aliphatic rings. The van der Waals surface area contributed by atoms with Gasteiger partial charge in [0.15, 0.2) is 0 Å². The molecule has 0 bridgehead atoms. The first kappa shape index (κ1) is 17.0. The normalized spacial score (nSPS) is 10.9.